The van der Waals surface area contributed by atoms with Gasteiger partial charge in [-0.1, -0.05) is 12.1 Å². The van der Waals surface area contributed by atoms with Crippen LogP contribution in [0.2, 0.25) is 0 Å². The van der Waals surface area contributed by atoms with Crippen LogP contribution >= 0.6 is 11.3 Å². The molecule has 0 aliphatic carbocycles. The summed E-state index contributed by atoms with van der Waals surface area (Å²) in [6, 6.07) is 14.3. The zero-order valence-corrected chi connectivity index (χ0v) is 17.3. The Hall–Kier alpha value is -3.43. The second kappa shape index (κ2) is 8.01. The van der Waals surface area contributed by atoms with Crippen molar-refractivity contribution in [1.29, 1.82) is 0 Å². The quantitative estimate of drug-likeness (QED) is 0.498. The topological polar surface area (TPSA) is 84.3 Å². The van der Waals surface area contributed by atoms with Gasteiger partial charge in [-0.2, -0.15) is 5.10 Å². The van der Waals surface area contributed by atoms with Gasteiger partial charge in [0.25, 0.3) is 0 Å². The zero-order valence-electron chi connectivity index (χ0n) is 16.5. The Kier molecular flexibility index (Phi) is 5.05. The molecule has 3 heterocycles. The minimum absolute atomic E-state index is 0.0395. The number of aromatic nitrogens is 3. The van der Waals surface area contributed by atoms with Crippen LogP contribution in [0.5, 0.6) is 11.5 Å². The van der Waals surface area contributed by atoms with E-state index in [-0.39, 0.29) is 25.6 Å². The maximum atomic E-state index is 12.8. The standard InChI is InChI=1S/C22H19FN4O3S/c23-8-14(9-24)10-27-22(28)26(12-25-27)11-18-6-17-5-15(2-4-21(17)31-18)16-1-3-19-20(7-16)30-13-29-19/h1-8,12H,9-11,13,24H2/b14-8+. The maximum Gasteiger partial charge on any atom is 0.346 e. The van der Waals surface area contributed by atoms with E-state index in [0.717, 1.165) is 37.6 Å². The van der Waals surface area contributed by atoms with Gasteiger partial charge in [-0.05, 0) is 52.4 Å². The highest BCUT2D eigenvalue weighted by molar-refractivity contribution is 7.19. The smallest absolute Gasteiger partial charge is 0.346 e. The number of benzene rings is 2. The number of rotatable bonds is 6. The van der Waals surface area contributed by atoms with Gasteiger partial charge in [-0.3, -0.25) is 4.57 Å². The van der Waals surface area contributed by atoms with Gasteiger partial charge in [0.15, 0.2) is 11.5 Å². The summed E-state index contributed by atoms with van der Waals surface area (Å²) in [4.78, 5) is 13.6. The Labute approximate surface area is 180 Å². The number of nitrogens with two attached hydrogens (primary N) is 1. The molecule has 31 heavy (non-hydrogen) atoms. The van der Waals surface area contributed by atoms with Gasteiger partial charge in [-0.15, -0.1) is 11.3 Å². The number of hydrogen-bond acceptors (Lipinski definition) is 6. The second-order valence-corrected chi connectivity index (χ2v) is 8.37. The summed E-state index contributed by atoms with van der Waals surface area (Å²) in [6.45, 7) is 0.732. The number of halogens is 1. The van der Waals surface area contributed by atoms with Crippen LogP contribution in [0, 0.1) is 0 Å². The lowest BCUT2D eigenvalue weighted by molar-refractivity contribution is 0.174. The van der Waals surface area contributed by atoms with Crippen LogP contribution in [0.4, 0.5) is 4.39 Å². The number of ether oxygens (including phenoxy) is 2. The molecule has 7 nitrogen and oxygen atoms in total. The number of fused-ring (bicyclic) bond motifs is 2. The molecule has 0 atom stereocenters. The molecule has 0 amide bonds. The van der Waals surface area contributed by atoms with Crippen molar-refractivity contribution in [3.63, 3.8) is 0 Å². The SMILES string of the molecule is NC/C(=C\F)Cn1ncn(Cc2cc3cc(-c4ccc5c(c4)OCO5)ccc3s2)c1=O. The van der Waals surface area contributed by atoms with Crippen molar-refractivity contribution in [1.82, 2.24) is 14.3 Å². The lowest BCUT2D eigenvalue weighted by atomic mass is 10.0. The molecular weight excluding hydrogens is 419 g/mol. The lowest BCUT2D eigenvalue weighted by Crippen LogP contribution is -2.26. The Morgan fingerprint density at radius 2 is 1.97 bits per heavy atom. The molecule has 1 aliphatic heterocycles. The van der Waals surface area contributed by atoms with Crippen molar-refractivity contribution < 1.29 is 13.9 Å². The lowest BCUT2D eigenvalue weighted by Gasteiger charge is -2.03. The van der Waals surface area contributed by atoms with Gasteiger partial charge < -0.3 is 15.2 Å². The second-order valence-electron chi connectivity index (χ2n) is 7.20. The predicted octanol–water partition coefficient (Wildman–Crippen LogP) is 3.52. The minimum atomic E-state index is -0.300. The van der Waals surface area contributed by atoms with Gasteiger partial charge in [0, 0.05) is 16.1 Å². The molecule has 2 aromatic heterocycles. The molecule has 0 unspecified atom stereocenters. The third-order valence-electron chi connectivity index (χ3n) is 5.17. The first kappa shape index (κ1) is 19.5. The normalized spacial score (nSPS) is 13.3. The highest BCUT2D eigenvalue weighted by Crippen LogP contribution is 2.37. The first-order valence-corrected chi connectivity index (χ1v) is 10.5. The fraction of sp³-hybridized carbons (Fsp3) is 0.182. The van der Waals surface area contributed by atoms with Crippen LogP contribution in [-0.4, -0.2) is 27.7 Å². The molecule has 9 heteroatoms. The monoisotopic (exact) mass is 438 g/mol. The predicted molar refractivity (Wildman–Crippen MR) is 117 cm³/mol. The molecule has 4 aromatic rings. The number of hydrogen-bond donors (Lipinski definition) is 1. The molecule has 0 saturated carbocycles. The van der Waals surface area contributed by atoms with Crippen molar-refractivity contribution in [2.24, 2.45) is 5.73 Å². The third kappa shape index (κ3) is 3.73. The highest BCUT2D eigenvalue weighted by Gasteiger charge is 2.14. The van der Waals surface area contributed by atoms with Crippen molar-refractivity contribution in [2.45, 2.75) is 13.1 Å². The molecule has 2 N–H and O–H groups in total. The highest BCUT2D eigenvalue weighted by atomic mass is 32.1. The van der Waals surface area contributed by atoms with E-state index in [1.807, 2.05) is 18.2 Å². The zero-order chi connectivity index (χ0) is 21.4. The van der Waals surface area contributed by atoms with Crippen molar-refractivity contribution >= 4 is 21.4 Å². The summed E-state index contributed by atoms with van der Waals surface area (Å²) in [6.07, 6.45) is 1.90. The van der Waals surface area contributed by atoms with E-state index in [0.29, 0.717) is 18.4 Å². The Morgan fingerprint density at radius 1 is 1.16 bits per heavy atom. The molecule has 0 fully saturated rings. The first-order chi connectivity index (χ1) is 15.1. The summed E-state index contributed by atoms with van der Waals surface area (Å²) < 4.78 is 27.5. The van der Waals surface area contributed by atoms with Gasteiger partial charge >= 0.3 is 5.69 Å². The van der Waals surface area contributed by atoms with E-state index >= 15 is 0 Å². The van der Waals surface area contributed by atoms with Gasteiger partial charge in [0.1, 0.15) is 6.33 Å². The van der Waals surface area contributed by atoms with Crippen LogP contribution < -0.4 is 20.9 Å². The van der Waals surface area contributed by atoms with Crippen molar-refractivity contribution in [3.8, 4) is 22.6 Å². The fourth-order valence-corrected chi connectivity index (χ4v) is 4.57. The van der Waals surface area contributed by atoms with Crippen LogP contribution in [0.15, 0.2) is 65.5 Å². The van der Waals surface area contributed by atoms with Crippen molar-refractivity contribution in [3.05, 3.63) is 76.1 Å². The summed E-state index contributed by atoms with van der Waals surface area (Å²) in [5, 5.41) is 5.17. The molecule has 1 aliphatic rings. The van der Waals surface area contributed by atoms with Crippen molar-refractivity contribution in [2.75, 3.05) is 13.3 Å². The van der Waals surface area contributed by atoms with E-state index in [9.17, 15) is 9.18 Å². The molecule has 2 aromatic carbocycles. The summed E-state index contributed by atoms with van der Waals surface area (Å²) in [7, 11) is 0. The molecule has 5 rings (SSSR count). The molecule has 0 bridgehead atoms. The first-order valence-electron chi connectivity index (χ1n) is 9.67. The summed E-state index contributed by atoms with van der Waals surface area (Å²) >= 11 is 1.62. The van der Waals surface area contributed by atoms with E-state index in [1.54, 1.807) is 11.3 Å². The van der Waals surface area contributed by atoms with E-state index in [2.05, 4.69) is 29.4 Å². The average Bonchev–Trinajstić information content (AvgIpc) is 3.50. The summed E-state index contributed by atoms with van der Waals surface area (Å²) in [5.41, 5.74) is 7.60. The maximum absolute atomic E-state index is 12.8. The van der Waals surface area contributed by atoms with E-state index in [1.165, 1.54) is 15.6 Å². The minimum Gasteiger partial charge on any atom is -0.454 e. The summed E-state index contributed by atoms with van der Waals surface area (Å²) in [5.74, 6) is 1.51. The van der Waals surface area contributed by atoms with E-state index < -0.39 is 0 Å². The Morgan fingerprint density at radius 3 is 2.81 bits per heavy atom. The van der Waals surface area contributed by atoms with Crippen LogP contribution in [-0.2, 0) is 13.1 Å². The van der Waals surface area contributed by atoms with Gasteiger partial charge in [0.2, 0.25) is 6.79 Å². The third-order valence-corrected chi connectivity index (χ3v) is 6.27. The molecule has 0 saturated heterocycles. The van der Waals surface area contributed by atoms with Crippen LogP contribution in [0.25, 0.3) is 21.2 Å². The average molecular weight is 438 g/mol. The van der Waals surface area contributed by atoms with Gasteiger partial charge in [0.05, 0.1) is 19.4 Å². The molecule has 158 valence electrons. The largest absolute Gasteiger partial charge is 0.454 e. The molecular formula is C22H19FN4O3S. The molecule has 0 radical (unpaired) electrons. The van der Waals surface area contributed by atoms with Crippen LogP contribution in [0.3, 0.4) is 0 Å². The number of thiophene rings is 1. The van der Waals surface area contributed by atoms with Gasteiger partial charge in [-0.25, -0.2) is 13.9 Å². The Bertz CT molecular complexity index is 1350. The van der Waals surface area contributed by atoms with E-state index in [4.69, 9.17) is 15.2 Å². The number of nitrogens with zero attached hydrogens (tertiary/aromatic N) is 3. The molecule has 0 spiro atoms. The Balaban J connectivity index is 1.40. The fourth-order valence-electron chi connectivity index (χ4n) is 3.52. The van der Waals surface area contributed by atoms with Crippen LogP contribution in [0.1, 0.15) is 4.88 Å².